The molecular formula is C18H14FN. The molecule has 0 saturated carbocycles. The first-order valence-corrected chi connectivity index (χ1v) is 6.52. The van der Waals surface area contributed by atoms with E-state index in [-0.39, 0.29) is 5.82 Å². The van der Waals surface area contributed by atoms with E-state index in [0.717, 1.165) is 27.9 Å². The summed E-state index contributed by atoms with van der Waals surface area (Å²) in [7, 11) is 0. The number of hydrogen-bond acceptors (Lipinski definition) is 1. The average Bonchev–Trinajstić information content (AvgIpc) is 2.49. The maximum Gasteiger partial charge on any atom is 0.123 e. The molecule has 0 amide bonds. The van der Waals surface area contributed by atoms with Crippen LogP contribution in [0.4, 0.5) is 4.39 Å². The third kappa shape index (κ3) is 2.45. The molecule has 20 heavy (non-hydrogen) atoms. The van der Waals surface area contributed by atoms with Crippen molar-refractivity contribution in [1.82, 2.24) is 4.98 Å². The standard InChI is InChI=1S/C18H14FN/c1-13-11-18(15-7-9-16(19)10-8-15)20-12-17(13)14-5-3-2-4-6-14/h2-12H,1H3. The first kappa shape index (κ1) is 12.5. The van der Waals surface area contributed by atoms with Gasteiger partial charge in [-0.25, -0.2) is 4.39 Å². The van der Waals surface area contributed by atoms with Gasteiger partial charge in [0.25, 0.3) is 0 Å². The molecular weight excluding hydrogens is 249 g/mol. The molecule has 0 N–H and O–H groups in total. The van der Waals surface area contributed by atoms with Crippen molar-refractivity contribution >= 4 is 0 Å². The smallest absolute Gasteiger partial charge is 0.123 e. The van der Waals surface area contributed by atoms with E-state index >= 15 is 0 Å². The fourth-order valence-corrected chi connectivity index (χ4v) is 2.25. The highest BCUT2D eigenvalue weighted by molar-refractivity contribution is 5.70. The van der Waals surface area contributed by atoms with Crippen molar-refractivity contribution < 1.29 is 4.39 Å². The molecule has 0 saturated heterocycles. The Morgan fingerprint density at radius 3 is 2.20 bits per heavy atom. The Morgan fingerprint density at radius 2 is 1.55 bits per heavy atom. The van der Waals surface area contributed by atoms with Crippen LogP contribution in [0, 0.1) is 12.7 Å². The molecule has 3 aromatic rings. The number of pyridine rings is 1. The number of halogens is 1. The zero-order chi connectivity index (χ0) is 13.9. The second-order valence-corrected chi connectivity index (χ2v) is 4.76. The summed E-state index contributed by atoms with van der Waals surface area (Å²) in [4.78, 5) is 4.49. The molecule has 0 aliphatic rings. The number of hydrogen-bond donors (Lipinski definition) is 0. The van der Waals surface area contributed by atoms with Crippen molar-refractivity contribution in [3.05, 3.63) is 78.2 Å². The van der Waals surface area contributed by atoms with Gasteiger partial charge in [-0.15, -0.1) is 0 Å². The predicted molar refractivity (Wildman–Crippen MR) is 79.8 cm³/mol. The van der Waals surface area contributed by atoms with Crippen LogP contribution in [0.3, 0.4) is 0 Å². The lowest BCUT2D eigenvalue weighted by atomic mass is 10.0. The van der Waals surface area contributed by atoms with Crippen LogP contribution < -0.4 is 0 Å². The van der Waals surface area contributed by atoms with Crippen LogP contribution >= 0.6 is 0 Å². The van der Waals surface area contributed by atoms with E-state index < -0.39 is 0 Å². The zero-order valence-electron chi connectivity index (χ0n) is 11.2. The monoisotopic (exact) mass is 263 g/mol. The Kier molecular flexibility index (Phi) is 3.30. The molecule has 0 fully saturated rings. The van der Waals surface area contributed by atoms with Crippen molar-refractivity contribution in [3.63, 3.8) is 0 Å². The number of rotatable bonds is 2. The highest BCUT2D eigenvalue weighted by Crippen LogP contribution is 2.26. The van der Waals surface area contributed by atoms with Crippen LogP contribution in [0.2, 0.25) is 0 Å². The normalized spacial score (nSPS) is 10.5. The van der Waals surface area contributed by atoms with Crippen LogP contribution in [0.5, 0.6) is 0 Å². The number of nitrogens with zero attached hydrogens (tertiary/aromatic N) is 1. The predicted octanol–water partition coefficient (Wildman–Crippen LogP) is 4.86. The molecule has 1 heterocycles. The first-order chi connectivity index (χ1) is 9.74. The van der Waals surface area contributed by atoms with Gasteiger partial charge >= 0.3 is 0 Å². The molecule has 0 atom stereocenters. The summed E-state index contributed by atoms with van der Waals surface area (Å²) >= 11 is 0. The Bertz CT molecular complexity index is 718. The maximum absolute atomic E-state index is 12.9. The molecule has 1 aromatic heterocycles. The zero-order valence-corrected chi connectivity index (χ0v) is 11.2. The molecule has 0 radical (unpaired) electrons. The van der Waals surface area contributed by atoms with E-state index in [0.29, 0.717) is 0 Å². The summed E-state index contributed by atoms with van der Waals surface area (Å²) < 4.78 is 12.9. The highest BCUT2D eigenvalue weighted by atomic mass is 19.1. The van der Waals surface area contributed by atoms with E-state index in [9.17, 15) is 4.39 Å². The molecule has 0 bridgehead atoms. The van der Waals surface area contributed by atoms with E-state index in [1.807, 2.05) is 30.5 Å². The summed E-state index contributed by atoms with van der Waals surface area (Å²) in [5, 5.41) is 0. The van der Waals surface area contributed by atoms with Gasteiger partial charge in [0, 0.05) is 17.3 Å². The van der Waals surface area contributed by atoms with E-state index in [1.165, 1.54) is 12.1 Å². The van der Waals surface area contributed by atoms with Gasteiger partial charge in [0.2, 0.25) is 0 Å². The molecule has 1 nitrogen and oxygen atoms in total. The molecule has 3 rings (SSSR count). The summed E-state index contributed by atoms with van der Waals surface area (Å²) in [5.74, 6) is -0.230. The van der Waals surface area contributed by atoms with Crippen LogP contribution in [-0.2, 0) is 0 Å². The molecule has 2 aromatic carbocycles. The Balaban J connectivity index is 2.01. The van der Waals surface area contributed by atoms with Crippen LogP contribution in [0.25, 0.3) is 22.4 Å². The third-order valence-corrected chi connectivity index (χ3v) is 3.34. The Hall–Kier alpha value is -2.48. The number of benzene rings is 2. The fourth-order valence-electron chi connectivity index (χ4n) is 2.25. The van der Waals surface area contributed by atoms with Gasteiger partial charge in [-0.2, -0.15) is 0 Å². The van der Waals surface area contributed by atoms with Gasteiger partial charge in [0.05, 0.1) is 5.69 Å². The second kappa shape index (κ2) is 5.25. The molecule has 0 aliphatic heterocycles. The maximum atomic E-state index is 12.9. The van der Waals surface area contributed by atoms with Crippen molar-refractivity contribution in [3.8, 4) is 22.4 Å². The molecule has 0 unspecified atom stereocenters. The molecule has 0 aliphatic carbocycles. The first-order valence-electron chi connectivity index (χ1n) is 6.52. The molecule has 0 spiro atoms. The summed E-state index contributed by atoms with van der Waals surface area (Å²) in [6.07, 6.45) is 1.88. The summed E-state index contributed by atoms with van der Waals surface area (Å²) in [6.45, 7) is 2.07. The minimum Gasteiger partial charge on any atom is -0.256 e. The topological polar surface area (TPSA) is 12.9 Å². The summed E-state index contributed by atoms with van der Waals surface area (Å²) in [6, 6.07) is 18.6. The van der Waals surface area contributed by atoms with Gasteiger partial charge in [-0.05, 0) is 48.4 Å². The quantitative estimate of drug-likeness (QED) is 0.643. The minimum atomic E-state index is -0.230. The SMILES string of the molecule is Cc1cc(-c2ccc(F)cc2)ncc1-c1ccccc1. The Morgan fingerprint density at radius 1 is 0.850 bits per heavy atom. The van der Waals surface area contributed by atoms with Crippen LogP contribution in [0.1, 0.15) is 5.56 Å². The highest BCUT2D eigenvalue weighted by Gasteiger charge is 2.05. The van der Waals surface area contributed by atoms with Gasteiger partial charge < -0.3 is 0 Å². The lowest BCUT2D eigenvalue weighted by molar-refractivity contribution is 0.628. The fraction of sp³-hybridized carbons (Fsp3) is 0.0556. The Labute approximate surface area is 117 Å². The summed E-state index contributed by atoms with van der Waals surface area (Å²) in [5.41, 5.74) is 5.22. The van der Waals surface area contributed by atoms with Crippen molar-refractivity contribution in [2.75, 3.05) is 0 Å². The molecule has 98 valence electrons. The van der Waals surface area contributed by atoms with E-state index in [2.05, 4.69) is 24.0 Å². The largest absolute Gasteiger partial charge is 0.256 e. The van der Waals surface area contributed by atoms with E-state index in [4.69, 9.17) is 0 Å². The lowest BCUT2D eigenvalue weighted by Gasteiger charge is -2.08. The number of aromatic nitrogens is 1. The lowest BCUT2D eigenvalue weighted by Crippen LogP contribution is -1.89. The van der Waals surface area contributed by atoms with Crippen molar-refractivity contribution in [2.24, 2.45) is 0 Å². The van der Waals surface area contributed by atoms with Gasteiger partial charge in [-0.1, -0.05) is 30.3 Å². The average molecular weight is 263 g/mol. The van der Waals surface area contributed by atoms with Crippen molar-refractivity contribution in [1.29, 1.82) is 0 Å². The van der Waals surface area contributed by atoms with Gasteiger partial charge in [-0.3, -0.25) is 4.98 Å². The van der Waals surface area contributed by atoms with E-state index in [1.54, 1.807) is 12.1 Å². The third-order valence-electron chi connectivity index (χ3n) is 3.34. The van der Waals surface area contributed by atoms with Gasteiger partial charge in [0.15, 0.2) is 0 Å². The van der Waals surface area contributed by atoms with Crippen LogP contribution in [-0.4, -0.2) is 4.98 Å². The second-order valence-electron chi connectivity index (χ2n) is 4.76. The minimum absolute atomic E-state index is 0.230. The van der Waals surface area contributed by atoms with Crippen molar-refractivity contribution in [2.45, 2.75) is 6.92 Å². The van der Waals surface area contributed by atoms with Gasteiger partial charge in [0.1, 0.15) is 5.82 Å². The molecule has 2 heteroatoms. The van der Waals surface area contributed by atoms with Crippen LogP contribution in [0.15, 0.2) is 66.9 Å². The number of aryl methyl sites for hydroxylation is 1.